The minimum absolute atomic E-state index is 0.129. The molecule has 1 saturated heterocycles. The van der Waals surface area contributed by atoms with Gasteiger partial charge in [-0.05, 0) is 14.1 Å². The van der Waals surface area contributed by atoms with Crippen LogP contribution in [0.1, 0.15) is 0 Å². The fourth-order valence-corrected chi connectivity index (χ4v) is 1.09. The van der Waals surface area contributed by atoms with Gasteiger partial charge in [-0.3, -0.25) is 9.69 Å². The van der Waals surface area contributed by atoms with Gasteiger partial charge >= 0.3 is 6.03 Å². The second-order valence-corrected chi connectivity index (χ2v) is 3.18. The van der Waals surface area contributed by atoms with E-state index in [2.05, 4.69) is 0 Å². The maximum atomic E-state index is 11.3. The predicted octanol–water partition coefficient (Wildman–Crippen LogP) is -0.601. The summed E-state index contributed by atoms with van der Waals surface area (Å²) in [5.74, 6) is -0.129. The molecule has 0 atom stereocenters. The Morgan fingerprint density at radius 3 is 2.33 bits per heavy atom. The van der Waals surface area contributed by atoms with Crippen LogP contribution in [0.25, 0.3) is 0 Å². The first kappa shape index (κ1) is 8.99. The van der Waals surface area contributed by atoms with Crippen molar-refractivity contribution in [1.29, 1.82) is 0 Å². The highest BCUT2D eigenvalue weighted by Gasteiger charge is 2.33. The van der Waals surface area contributed by atoms with Crippen molar-refractivity contribution >= 4 is 11.9 Å². The molecule has 0 N–H and O–H groups in total. The average Bonchev–Trinajstić information content (AvgIpc) is 2.16. The average molecular weight is 171 g/mol. The number of likely N-dealkylation sites (N-methyl/N-ethyl adjacent to an activating group) is 1. The van der Waals surface area contributed by atoms with Gasteiger partial charge in [0.2, 0.25) is 0 Å². The van der Waals surface area contributed by atoms with E-state index in [0.717, 1.165) is 0 Å². The number of carbonyl (C=O) groups is 2. The second-order valence-electron chi connectivity index (χ2n) is 3.18. The molecule has 0 unspecified atom stereocenters. The number of hydrogen-bond acceptors (Lipinski definition) is 3. The Morgan fingerprint density at radius 1 is 1.42 bits per heavy atom. The topological polar surface area (TPSA) is 43.9 Å². The molecule has 5 heteroatoms. The first-order valence-corrected chi connectivity index (χ1v) is 3.72. The van der Waals surface area contributed by atoms with E-state index in [1.807, 2.05) is 14.1 Å². The van der Waals surface area contributed by atoms with Gasteiger partial charge < -0.3 is 4.90 Å². The quantitative estimate of drug-likeness (QED) is 0.521. The smallest absolute Gasteiger partial charge is 0.318 e. The van der Waals surface area contributed by atoms with Crippen LogP contribution in [0.4, 0.5) is 4.79 Å². The Labute approximate surface area is 71.5 Å². The second kappa shape index (κ2) is 3.10. The van der Waals surface area contributed by atoms with Crippen molar-refractivity contribution < 1.29 is 9.59 Å². The third kappa shape index (κ3) is 1.55. The summed E-state index contributed by atoms with van der Waals surface area (Å²) >= 11 is 0. The van der Waals surface area contributed by atoms with Crippen LogP contribution in [0.15, 0.2) is 0 Å². The summed E-state index contributed by atoms with van der Waals surface area (Å²) in [6.45, 7) is 0.564. The van der Waals surface area contributed by atoms with Crippen molar-refractivity contribution in [3.63, 3.8) is 0 Å². The fraction of sp³-hybridized carbons (Fsp3) is 0.714. The van der Waals surface area contributed by atoms with Gasteiger partial charge in [0, 0.05) is 7.05 Å². The zero-order chi connectivity index (χ0) is 9.30. The highest BCUT2D eigenvalue weighted by atomic mass is 16.2. The molecule has 1 heterocycles. The number of nitrogens with zero attached hydrogens (tertiary/aromatic N) is 3. The lowest BCUT2D eigenvalue weighted by molar-refractivity contribution is -0.126. The summed E-state index contributed by atoms with van der Waals surface area (Å²) in [6, 6.07) is -0.214. The highest BCUT2D eigenvalue weighted by Crippen LogP contribution is 2.07. The molecule has 0 aromatic heterocycles. The van der Waals surface area contributed by atoms with Crippen LogP contribution < -0.4 is 0 Å². The molecule has 0 spiro atoms. The molecule has 0 aromatic carbocycles. The van der Waals surface area contributed by atoms with E-state index in [0.29, 0.717) is 6.67 Å². The summed E-state index contributed by atoms with van der Waals surface area (Å²) in [5, 5.41) is 0. The molecule has 0 aromatic rings. The summed E-state index contributed by atoms with van der Waals surface area (Å²) < 4.78 is 0. The van der Waals surface area contributed by atoms with E-state index in [1.165, 1.54) is 9.80 Å². The molecule has 3 amide bonds. The van der Waals surface area contributed by atoms with Gasteiger partial charge in [-0.25, -0.2) is 9.69 Å². The molecule has 1 aliphatic rings. The van der Waals surface area contributed by atoms with Gasteiger partial charge in [-0.15, -0.1) is 0 Å². The van der Waals surface area contributed by atoms with Crippen LogP contribution in [-0.4, -0.2) is 61.0 Å². The Bertz CT molecular complexity index is 215. The number of amides is 3. The van der Waals surface area contributed by atoms with E-state index in [1.54, 1.807) is 11.9 Å². The molecule has 0 aliphatic carbocycles. The lowest BCUT2D eigenvalue weighted by Gasteiger charge is -2.18. The number of hydrogen-bond donors (Lipinski definition) is 0. The van der Waals surface area contributed by atoms with Crippen LogP contribution in [0.2, 0.25) is 0 Å². The highest BCUT2D eigenvalue weighted by molar-refractivity contribution is 6.01. The van der Waals surface area contributed by atoms with E-state index in [4.69, 9.17) is 0 Å². The van der Waals surface area contributed by atoms with Crippen molar-refractivity contribution in [2.45, 2.75) is 0 Å². The van der Waals surface area contributed by atoms with Crippen LogP contribution >= 0.6 is 0 Å². The van der Waals surface area contributed by atoms with Crippen molar-refractivity contribution in [2.75, 3.05) is 34.4 Å². The molecule has 0 bridgehead atoms. The van der Waals surface area contributed by atoms with Crippen LogP contribution in [0.5, 0.6) is 0 Å². The summed E-state index contributed by atoms with van der Waals surface area (Å²) in [4.78, 5) is 26.9. The van der Waals surface area contributed by atoms with E-state index in [-0.39, 0.29) is 18.5 Å². The minimum Gasteiger partial charge on any atom is -0.318 e. The van der Waals surface area contributed by atoms with Crippen LogP contribution in [-0.2, 0) is 4.79 Å². The molecule has 1 fully saturated rings. The van der Waals surface area contributed by atoms with Crippen molar-refractivity contribution in [2.24, 2.45) is 0 Å². The Hall–Kier alpha value is -1.10. The third-order valence-corrected chi connectivity index (χ3v) is 1.66. The van der Waals surface area contributed by atoms with Crippen molar-refractivity contribution in [1.82, 2.24) is 14.7 Å². The molecular weight excluding hydrogens is 158 g/mol. The van der Waals surface area contributed by atoms with Crippen molar-refractivity contribution in [3.8, 4) is 0 Å². The van der Waals surface area contributed by atoms with Gasteiger partial charge in [0.25, 0.3) is 5.91 Å². The van der Waals surface area contributed by atoms with Gasteiger partial charge in [0.05, 0.1) is 6.67 Å². The maximum Gasteiger partial charge on any atom is 0.328 e. The fourth-order valence-electron chi connectivity index (χ4n) is 1.09. The number of imide groups is 1. The summed E-state index contributed by atoms with van der Waals surface area (Å²) in [6.07, 6.45) is 0. The standard InChI is InChI=1S/C7H13N3O2/c1-8(2)5-10-6(11)4-9(3)7(10)12/h4-5H2,1-3H3. The van der Waals surface area contributed by atoms with Crippen LogP contribution in [0.3, 0.4) is 0 Å². The molecule has 68 valence electrons. The van der Waals surface area contributed by atoms with E-state index >= 15 is 0 Å². The van der Waals surface area contributed by atoms with Crippen LogP contribution in [0, 0.1) is 0 Å². The van der Waals surface area contributed by atoms with E-state index < -0.39 is 0 Å². The molecule has 12 heavy (non-hydrogen) atoms. The Kier molecular flexibility index (Phi) is 2.32. The lowest BCUT2D eigenvalue weighted by atomic mass is 10.6. The zero-order valence-corrected chi connectivity index (χ0v) is 7.57. The number of urea groups is 1. The molecule has 0 saturated carbocycles. The number of carbonyl (C=O) groups excluding carboxylic acids is 2. The predicted molar refractivity (Wildman–Crippen MR) is 43.4 cm³/mol. The molecular formula is C7H13N3O2. The molecule has 1 rings (SSSR count). The van der Waals surface area contributed by atoms with Crippen molar-refractivity contribution in [3.05, 3.63) is 0 Å². The van der Waals surface area contributed by atoms with E-state index in [9.17, 15) is 9.59 Å². The van der Waals surface area contributed by atoms with Gasteiger partial charge in [0.1, 0.15) is 6.54 Å². The maximum absolute atomic E-state index is 11.3. The monoisotopic (exact) mass is 171 g/mol. The SMILES string of the molecule is CN(C)CN1C(=O)CN(C)C1=O. The third-order valence-electron chi connectivity index (χ3n) is 1.66. The largest absolute Gasteiger partial charge is 0.328 e. The molecule has 5 nitrogen and oxygen atoms in total. The first-order chi connectivity index (χ1) is 5.52. The lowest BCUT2D eigenvalue weighted by Crippen LogP contribution is -2.38. The minimum atomic E-state index is -0.214. The van der Waals surface area contributed by atoms with Gasteiger partial charge in [0.15, 0.2) is 0 Å². The Balaban J connectivity index is 2.64. The van der Waals surface area contributed by atoms with Gasteiger partial charge in [-0.1, -0.05) is 0 Å². The zero-order valence-electron chi connectivity index (χ0n) is 7.57. The Morgan fingerprint density at radius 2 is 2.00 bits per heavy atom. The summed E-state index contributed by atoms with van der Waals surface area (Å²) in [5.41, 5.74) is 0. The first-order valence-electron chi connectivity index (χ1n) is 3.72. The van der Waals surface area contributed by atoms with Gasteiger partial charge in [-0.2, -0.15) is 0 Å². The normalized spacial score (nSPS) is 18.3. The molecule has 1 aliphatic heterocycles. The summed E-state index contributed by atoms with van der Waals surface area (Å²) in [7, 11) is 5.26. The molecule has 0 radical (unpaired) electrons. The number of rotatable bonds is 2.